The molecule has 60 heavy (non-hydrogen) atoms. The van der Waals surface area contributed by atoms with Crippen LogP contribution >= 0.6 is 0 Å². The molecule has 0 heterocycles. The van der Waals surface area contributed by atoms with E-state index in [-0.39, 0.29) is 0 Å². The van der Waals surface area contributed by atoms with Gasteiger partial charge in [0.15, 0.2) is 0 Å². The molecule has 13 nitrogen and oxygen atoms in total. The fourth-order valence-corrected chi connectivity index (χ4v) is 5.95. The van der Waals surface area contributed by atoms with Gasteiger partial charge in [0, 0.05) is 13.2 Å². The second-order valence-corrected chi connectivity index (χ2v) is 15.0. The van der Waals surface area contributed by atoms with Crippen molar-refractivity contribution in [2.45, 2.75) is 136 Å². The number of rotatable bonds is 57. The van der Waals surface area contributed by atoms with Crippen molar-refractivity contribution in [1.82, 2.24) is 0 Å². The zero-order valence-corrected chi connectivity index (χ0v) is 39.1. The smallest absolute Gasteiger partial charge is 0.0701 e. The molecule has 13 heteroatoms. The zero-order valence-electron chi connectivity index (χ0n) is 39.1. The number of hydrogen-bond donors (Lipinski definition) is 0. The number of ether oxygens (including phenoxy) is 13. The lowest BCUT2D eigenvalue weighted by molar-refractivity contribution is -0.0290. The summed E-state index contributed by atoms with van der Waals surface area (Å²) in [7, 11) is 0. The van der Waals surface area contributed by atoms with Gasteiger partial charge in [-0.05, 0) is 12.8 Å². The quantitative estimate of drug-likeness (QED) is 0.0543. The number of hydrogen-bond acceptors (Lipinski definition) is 13. The van der Waals surface area contributed by atoms with Crippen molar-refractivity contribution in [3.05, 3.63) is 0 Å². The maximum atomic E-state index is 5.69. The van der Waals surface area contributed by atoms with Gasteiger partial charge >= 0.3 is 0 Å². The summed E-state index contributed by atoms with van der Waals surface area (Å²) in [4.78, 5) is 0. The van der Waals surface area contributed by atoms with E-state index >= 15 is 0 Å². The maximum Gasteiger partial charge on any atom is 0.0701 e. The lowest BCUT2D eigenvalue weighted by atomic mass is 10.0. The molecule has 362 valence electrons. The Morgan fingerprint density at radius 3 is 0.400 bits per heavy atom. The van der Waals surface area contributed by atoms with Crippen LogP contribution in [0.2, 0.25) is 0 Å². The first-order valence-corrected chi connectivity index (χ1v) is 24.4. The van der Waals surface area contributed by atoms with Gasteiger partial charge in [0.25, 0.3) is 0 Å². The largest absolute Gasteiger partial charge is 0.379 e. The maximum absolute atomic E-state index is 5.69. The highest BCUT2D eigenvalue weighted by Gasteiger charge is 1.99. The Bertz CT molecular complexity index is 667. The monoisotopic (exact) mass is 869 g/mol. The first kappa shape index (κ1) is 59.5. The van der Waals surface area contributed by atoms with Crippen LogP contribution in [0.5, 0.6) is 0 Å². The lowest BCUT2D eigenvalue weighted by Gasteiger charge is -2.09. The van der Waals surface area contributed by atoms with Gasteiger partial charge in [-0.25, -0.2) is 0 Å². The molecular formula is C47H96O13. The second-order valence-electron chi connectivity index (χ2n) is 15.0. The van der Waals surface area contributed by atoms with Crippen LogP contribution in [-0.2, 0) is 61.6 Å². The van der Waals surface area contributed by atoms with Crippen LogP contribution in [0.1, 0.15) is 136 Å². The van der Waals surface area contributed by atoms with E-state index in [2.05, 4.69) is 13.8 Å². The van der Waals surface area contributed by atoms with Crippen LogP contribution in [0, 0.1) is 0 Å². The fourth-order valence-electron chi connectivity index (χ4n) is 5.95. The average Bonchev–Trinajstić information content (AvgIpc) is 3.26. The van der Waals surface area contributed by atoms with Crippen LogP contribution in [0.3, 0.4) is 0 Å². The van der Waals surface area contributed by atoms with Gasteiger partial charge in [0.2, 0.25) is 0 Å². The van der Waals surface area contributed by atoms with Crippen LogP contribution in [-0.4, -0.2) is 172 Å². The molecule has 0 radical (unpaired) electrons. The summed E-state index contributed by atoms with van der Waals surface area (Å²) in [5.74, 6) is 0. The average molecular weight is 869 g/mol. The van der Waals surface area contributed by atoms with Crippen molar-refractivity contribution in [3.63, 3.8) is 0 Å². The third kappa shape index (κ3) is 57.5. The topological polar surface area (TPSA) is 120 Å². The van der Waals surface area contributed by atoms with Crippen molar-refractivity contribution in [2.24, 2.45) is 0 Å². The highest BCUT2D eigenvalue weighted by Crippen LogP contribution is 2.12. The fraction of sp³-hybridized carbons (Fsp3) is 1.00. The summed E-state index contributed by atoms with van der Waals surface area (Å²) >= 11 is 0. The molecule has 0 aliphatic carbocycles. The van der Waals surface area contributed by atoms with Gasteiger partial charge < -0.3 is 61.6 Å². The molecule has 0 spiro atoms. The molecule has 0 amide bonds. The van der Waals surface area contributed by atoms with Crippen molar-refractivity contribution in [2.75, 3.05) is 172 Å². The third-order valence-electron chi connectivity index (χ3n) is 9.50. The highest BCUT2D eigenvalue weighted by atomic mass is 16.6. The van der Waals surface area contributed by atoms with Gasteiger partial charge in [-0.2, -0.15) is 0 Å². The molecule has 0 aromatic rings. The van der Waals surface area contributed by atoms with E-state index in [4.69, 9.17) is 61.6 Å². The van der Waals surface area contributed by atoms with Gasteiger partial charge in [-0.15, -0.1) is 0 Å². The molecule has 0 aliphatic rings. The molecule has 0 unspecified atom stereocenters. The summed E-state index contributed by atoms with van der Waals surface area (Å²) in [6, 6.07) is 0. The summed E-state index contributed by atoms with van der Waals surface area (Å²) in [6.45, 7) is 19.4. The number of unbranched alkanes of at least 4 members (excludes halogenated alkanes) is 17. The Labute approximate surface area is 368 Å². The molecule has 0 aromatic heterocycles. The Kier molecular flexibility index (Phi) is 58.0. The van der Waals surface area contributed by atoms with Gasteiger partial charge in [-0.1, -0.05) is 123 Å². The van der Waals surface area contributed by atoms with E-state index in [9.17, 15) is 0 Å². The predicted molar refractivity (Wildman–Crippen MR) is 240 cm³/mol. The van der Waals surface area contributed by atoms with E-state index < -0.39 is 0 Å². The summed E-state index contributed by atoms with van der Waals surface area (Å²) < 4.78 is 72.1. The first-order valence-electron chi connectivity index (χ1n) is 24.4. The van der Waals surface area contributed by atoms with Crippen molar-refractivity contribution in [3.8, 4) is 0 Å². The van der Waals surface area contributed by atoms with Gasteiger partial charge in [0.1, 0.15) is 0 Å². The summed E-state index contributed by atoms with van der Waals surface area (Å²) in [5, 5.41) is 0. The normalized spacial score (nSPS) is 11.7. The van der Waals surface area contributed by atoms with Crippen LogP contribution in [0.25, 0.3) is 0 Å². The van der Waals surface area contributed by atoms with E-state index in [1.54, 1.807) is 0 Å². The van der Waals surface area contributed by atoms with E-state index in [0.717, 1.165) is 26.1 Å². The first-order chi connectivity index (χ1) is 29.9. The lowest BCUT2D eigenvalue weighted by Crippen LogP contribution is -2.15. The predicted octanol–water partition coefficient (Wildman–Crippen LogP) is 8.65. The molecular weight excluding hydrogens is 773 g/mol. The van der Waals surface area contributed by atoms with Crippen molar-refractivity contribution < 1.29 is 61.6 Å². The van der Waals surface area contributed by atoms with Gasteiger partial charge in [0.05, 0.1) is 159 Å². The van der Waals surface area contributed by atoms with Gasteiger partial charge in [-0.3, -0.25) is 0 Å². The Balaban J connectivity index is 3.06. The second kappa shape index (κ2) is 58.5. The Morgan fingerprint density at radius 2 is 0.250 bits per heavy atom. The summed E-state index contributed by atoms with van der Waals surface area (Å²) in [5.41, 5.74) is 0. The minimum absolute atomic E-state index is 0.518. The molecule has 0 saturated carbocycles. The minimum atomic E-state index is 0.518. The molecule has 0 atom stereocenters. The van der Waals surface area contributed by atoms with E-state index in [1.807, 2.05) is 0 Å². The molecule has 0 bridgehead atoms. The highest BCUT2D eigenvalue weighted by molar-refractivity contribution is 4.49. The molecule has 0 aromatic carbocycles. The van der Waals surface area contributed by atoms with Crippen LogP contribution in [0.15, 0.2) is 0 Å². The molecule has 0 saturated heterocycles. The minimum Gasteiger partial charge on any atom is -0.379 e. The Hall–Kier alpha value is -0.520. The zero-order chi connectivity index (χ0) is 43.0. The van der Waals surface area contributed by atoms with Crippen LogP contribution < -0.4 is 0 Å². The summed E-state index contributed by atoms with van der Waals surface area (Å²) in [6.07, 6.45) is 25.5. The van der Waals surface area contributed by atoms with E-state index in [0.29, 0.717) is 159 Å². The molecule has 0 rings (SSSR count). The molecule has 0 N–H and O–H groups in total. The van der Waals surface area contributed by atoms with E-state index in [1.165, 1.54) is 109 Å². The molecule has 0 fully saturated rings. The van der Waals surface area contributed by atoms with Crippen molar-refractivity contribution in [1.29, 1.82) is 0 Å². The molecule has 0 aliphatic heterocycles. The standard InChI is InChI=1S/C47H96O13/c1-3-5-7-9-11-12-13-14-15-16-17-19-21-23-49-25-27-51-29-31-53-33-35-55-37-39-57-41-43-59-45-47-60-46-44-58-42-40-56-38-36-54-34-32-52-30-28-50-26-24-48-22-20-18-10-8-6-4-2/h3-47H2,1-2H3. The Morgan fingerprint density at radius 1 is 0.133 bits per heavy atom. The van der Waals surface area contributed by atoms with Crippen LogP contribution in [0.4, 0.5) is 0 Å². The van der Waals surface area contributed by atoms with Crippen molar-refractivity contribution >= 4 is 0 Å². The SMILES string of the molecule is CCCCCCCCCCCCCCCOCCOCCOCCOCCOCCOCCOCCOCCOCCOCCOCCOCCOCCCCCCCC. The third-order valence-corrected chi connectivity index (χ3v) is 9.50.